The van der Waals surface area contributed by atoms with Crippen LogP contribution in [0.4, 0.5) is 8.78 Å². The number of ether oxygens (including phenoxy) is 1. The van der Waals surface area contributed by atoms with E-state index in [0.717, 1.165) is 18.4 Å². The average Bonchev–Trinajstić information content (AvgIpc) is 2.88. The van der Waals surface area contributed by atoms with Crippen molar-refractivity contribution in [2.24, 2.45) is 11.8 Å². The number of pyridine rings is 1. The van der Waals surface area contributed by atoms with E-state index in [-0.39, 0.29) is 23.3 Å². The van der Waals surface area contributed by atoms with Crippen molar-refractivity contribution in [1.29, 1.82) is 0 Å². The molecule has 1 aliphatic heterocycles. The van der Waals surface area contributed by atoms with E-state index < -0.39 is 18.0 Å². The van der Waals surface area contributed by atoms with Gasteiger partial charge < -0.3 is 9.84 Å². The summed E-state index contributed by atoms with van der Waals surface area (Å²) in [5, 5.41) is 10.5. The number of halogens is 3. The van der Waals surface area contributed by atoms with Crippen LogP contribution in [0.25, 0.3) is 10.9 Å². The molecule has 194 valence electrons. The van der Waals surface area contributed by atoms with Gasteiger partial charge in [0.15, 0.2) is 0 Å². The normalized spacial score (nSPS) is 18.7. The lowest BCUT2D eigenvalue weighted by atomic mass is 9.79. The molecule has 1 N–H and O–H groups in total. The Morgan fingerprint density at radius 2 is 2.11 bits per heavy atom. The zero-order chi connectivity index (χ0) is 26.4. The predicted molar refractivity (Wildman–Crippen MR) is 140 cm³/mol. The van der Waals surface area contributed by atoms with Crippen molar-refractivity contribution in [2.45, 2.75) is 31.9 Å². The minimum Gasteiger partial charge on any atom is -0.497 e. The van der Waals surface area contributed by atoms with E-state index in [2.05, 4.69) is 21.7 Å². The lowest BCUT2D eigenvalue weighted by Gasteiger charge is -2.37. The SMILES string of the molecule is COc1ccc2nccc([C@H](F)CC[C@@H]3CCN(CC#Cc4ccc(F)cc4Cl)C[C@@H]3CC(=O)O)c2c1. The van der Waals surface area contributed by atoms with Gasteiger partial charge in [0.05, 0.1) is 24.2 Å². The second-order valence-corrected chi connectivity index (χ2v) is 9.80. The fourth-order valence-corrected chi connectivity index (χ4v) is 5.25. The molecule has 2 heterocycles. The molecular weight excluding hydrogens is 498 g/mol. The number of aliphatic carboxylic acids is 1. The van der Waals surface area contributed by atoms with Crippen molar-refractivity contribution in [3.63, 3.8) is 0 Å². The Morgan fingerprint density at radius 3 is 2.86 bits per heavy atom. The van der Waals surface area contributed by atoms with Crippen molar-refractivity contribution in [3.05, 3.63) is 70.6 Å². The Hall–Kier alpha value is -3.21. The highest BCUT2D eigenvalue weighted by Gasteiger charge is 2.31. The third-order valence-electron chi connectivity index (χ3n) is 6.98. The standard InChI is InChI=1S/C29H29ClF2N2O3/c1-37-23-7-9-28-25(17-23)24(10-12-33-28)27(32)8-5-19-11-14-34(18-21(19)15-29(35)36)13-2-3-20-4-6-22(31)16-26(20)30/h4,6-7,9-10,12,16-17,19,21,27H,5,8,11,13-15,18H2,1H3,(H,35,36)/t19-,21+,27-/m1/s1. The number of piperidine rings is 1. The molecule has 4 rings (SSSR count). The van der Waals surface area contributed by atoms with Crippen molar-refractivity contribution < 1.29 is 23.4 Å². The largest absolute Gasteiger partial charge is 0.497 e. The van der Waals surface area contributed by atoms with Crippen molar-refractivity contribution in [3.8, 4) is 17.6 Å². The molecule has 0 unspecified atom stereocenters. The molecule has 1 saturated heterocycles. The molecule has 3 aromatic rings. The third kappa shape index (κ3) is 6.97. The number of methoxy groups -OCH3 is 1. The molecule has 1 aliphatic rings. The van der Waals surface area contributed by atoms with Crippen LogP contribution in [-0.4, -0.2) is 47.7 Å². The lowest BCUT2D eigenvalue weighted by molar-refractivity contribution is -0.139. The van der Waals surface area contributed by atoms with Crippen LogP contribution in [0.3, 0.4) is 0 Å². The number of aromatic nitrogens is 1. The zero-order valence-corrected chi connectivity index (χ0v) is 21.3. The number of alkyl halides is 1. The summed E-state index contributed by atoms with van der Waals surface area (Å²) in [7, 11) is 1.57. The number of carbonyl (C=O) groups is 1. The average molecular weight is 527 g/mol. The summed E-state index contributed by atoms with van der Waals surface area (Å²) in [6.45, 7) is 1.78. The van der Waals surface area contributed by atoms with Crippen LogP contribution in [0.2, 0.25) is 5.02 Å². The summed E-state index contributed by atoms with van der Waals surface area (Å²) in [5.41, 5.74) is 1.84. The molecule has 5 nitrogen and oxygen atoms in total. The highest BCUT2D eigenvalue weighted by atomic mass is 35.5. The van der Waals surface area contributed by atoms with Crippen molar-refractivity contribution in [1.82, 2.24) is 9.88 Å². The van der Waals surface area contributed by atoms with Gasteiger partial charge >= 0.3 is 5.97 Å². The Bertz CT molecular complexity index is 1320. The number of carboxylic acids is 1. The Morgan fingerprint density at radius 1 is 1.27 bits per heavy atom. The highest BCUT2D eigenvalue weighted by Crippen LogP contribution is 2.36. The van der Waals surface area contributed by atoms with Crippen LogP contribution in [0.1, 0.15) is 43.0 Å². The van der Waals surface area contributed by atoms with Crippen LogP contribution < -0.4 is 4.74 Å². The van der Waals surface area contributed by atoms with Crippen molar-refractivity contribution >= 4 is 28.5 Å². The topological polar surface area (TPSA) is 62.7 Å². The van der Waals surface area contributed by atoms with Crippen LogP contribution in [0, 0.1) is 29.5 Å². The molecule has 0 aliphatic carbocycles. The van der Waals surface area contributed by atoms with Gasteiger partial charge in [0.1, 0.15) is 17.7 Å². The number of rotatable bonds is 8. The fraction of sp³-hybridized carbons (Fsp3) is 0.379. The maximum Gasteiger partial charge on any atom is 0.303 e. The molecule has 0 saturated carbocycles. The Labute approximate surface area is 220 Å². The molecule has 0 amide bonds. The minimum atomic E-state index is -1.19. The summed E-state index contributed by atoms with van der Waals surface area (Å²) in [4.78, 5) is 18.0. The maximum atomic E-state index is 15.5. The number of hydrogen-bond acceptors (Lipinski definition) is 4. The monoisotopic (exact) mass is 526 g/mol. The summed E-state index contributed by atoms with van der Waals surface area (Å²) in [6, 6.07) is 11.2. The van der Waals surface area contributed by atoms with Gasteiger partial charge in [0.2, 0.25) is 0 Å². The highest BCUT2D eigenvalue weighted by molar-refractivity contribution is 6.31. The van der Waals surface area contributed by atoms with Gasteiger partial charge in [-0.25, -0.2) is 8.78 Å². The van der Waals surface area contributed by atoms with E-state index in [1.165, 1.54) is 12.1 Å². The molecule has 1 aromatic heterocycles. The van der Waals surface area contributed by atoms with E-state index in [1.54, 1.807) is 37.6 Å². The van der Waals surface area contributed by atoms with Gasteiger partial charge in [-0.2, -0.15) is 0 Å². The van der Waals surface area contributed by atoms with Gasteiger partial charge in [-0.15, -0.1) is 0 Å². The van der Waals surface area contributed by atoms with E-state index in [9.17, 15) is 14.3 Å². The molecule has 0 radical (unpaired) electrons. The zero-order valence-electron chi connectivity index (χ0n) is 20.6. The van der Waals surface area contributed by atoms with Crippen LogP contribution in [-0.2, 0) is 4.79 Å². The van der Waals surface area contributed by atoms with Gasteiger partial charge in [-0.1, -0.05) is 23.4 Å². The smallest absolute Gasteiger partial charge is 0.303 e. The number of benzene rings is 2. The molecule has 3 atom stereocenters. The first-order chi connectivity index (χ1) is 17.8. The van der Waals surface area contributed by atoms with Crippen molar-refractivity contribution in [2.75, 3.05) is 26.7 Å². The number of carboxylic acid groups (broad SMARTS) is 1. The first-order valence-electron chi connectivity index (χ1n) is 12.3. The second-order valence-electron chi connectivity index (χ2n) is 9.40. The first kappa shape index (κ1) is 26.8. The number of hydrogen-bond donors (Lipinski definition) is 1. The summed E-state index contributed by atoms with van der Waals surface area (Å²) in [6.07, 6.45) is 2.13. The third-order valence-corrected chi connectivity index (χ3v) is 7.29. The molecular formula is C29H29ClF2N2O3. The quantitative estimate of drug-likeness (QED) is 0.349. The van der Waals surface area contributed by atoms with Gasteiger partial charge in [-0.3, -0.25) is 14.7 Å². The lowest BCUT2D eigenvalue weighted by Crippen LogP contribution is -2.41. The van der Waals surface area contributed by atoms with Crippen LogP contribution in [0.5, 0.6) is 5.75 Å². The second kappa shape index (κ2) is 12.4. The van der Waals surface area contributed by atoms with E-state index in [4.69, 9.17) is 16.3 Å². The fourth-order valence-electron chi connectivity index (χ4n) is 5.04. The number of likely N-dealkylation sites (tertiary alicyclic amines) is 1. The Kier molecular flexibility index (Phi) is 8.96. The molecule has 8 heteroatoms. The number of nitrogens with zero attached hydrogens (tertiary/aromatic N) is 2. The molecule has 0 spiro atoms. The molecule has 2 aromatic carbocycles. The molecule has 37 heavy (non-hydrogen) atoms. The van der Waals surface area contributed by atoms with Crippen LogP contribution >= 0.6 is 11.6 Å². The van der Waals surface area contributed by atoms with Gasteiger partial charge in [0, 0.05) is 30.1 Å². The van der Waals surface area contributed by atoms with E-state index in [0.29, 0.717) is 48.3 Å². The van der Waals surface area contributed by atoms with E-state index in [1.807, 2.05) is 6.07 Å². The minimum absolute atomic E-state index is 0.0325. The summed E-state index contributed by atoms with van der Waals surface area (Å²) >= 11 is 6.04. The molecule has 1 fully saturated rings. The molecule has 0 bridgehead atoms. The maximum absolute atomic E-state index is 15.5. The predicted octanol–water partition coefficient (Wildman–Crippen LogP) is 6.29. The summed E-state index contributed by atoms with van der Waals surface area (Å²) in [5.74, 6) is 5.41. The summed E-state index contributed by atoms with van der Waals surface area (Å²) < 4.78 is 34.0. The Balaban J connectivity index is 1.39. The van der Waals surface area contributed by atoms with Crippen LogP contribution in [0.15, 0.2) is 48.7 Å². The number of fused-ring (bicyclic) bond motifs is 1. The van der Waals surface area contributed by atoms with E-state index >= 15 is 4.39 Å². The van der Waals surface area contributed by atoms with Gasteiger partial charge in [-0.05, 0) is 85.7 Å². The first-order valence-corrected chi connectivity index (χ1v) is 12.7. The van der Waals surface area contributed by atoms with Gasteiger partial charge in [0.25, 0.3) is 0 Å².